The van der Waals surface area contributed by atoms with Crippen LogP contribution in [-0.2, 0) is 14.9 Å². The van der Waals surface area contributed by atoms with Crippen LogP contribution in [0.15, 0.2) is 0 Å². The van der Waals surface area contributed by atoms with Gasteiger partial charge in [0.1, 0.15) is 0 Å². The predicted molar refractivity (Wildman–Crippen MR) is 85.4 cm³/mol. The molecule has 0 spiro atoms. The van der Waals surface area contributed by atoms with E-state index in [0.717, 1.165) is 19.4 Å². The van der Waals surface area contributed by atoms with Gasteiger partial charge in [-0.3, -0.25) is 0 Å². The Morgan fingerprint density at radius 2 is 1.81 bits per heavy atom. The summed E-state index contributed by atoms with van der Waals surface area (Å²) < 4.78 is 33.8. The zero-order valence-electron chi connectivity index (χ0n) is 13.8. The fourth-order valence-electron chi connectivity index (χ4n) is 2.31. The molecule has 0 aliphatic carbocycles. The first-order valence-corrected chi connectivity index (χ1v) is 9.35. The van der Waals surface area contributed by atoms with Crippen molar-refractivity contribution in [3.8, 4) is 0 Å². The average molecular weight is 321 g/mol. The largest absolute Gasteiger partial charge is 0.377 e. The van der Waals surface area contributed by atoms with E-state index < -0.39 is 10.2 Å². The molecule has 0 aromatic carbocycles. The summed E-state index contributed by atoms with van der Waals surface area (Å²) in [7, 11) is -3.35. The third-order valence-corrected chi connectivity index (χ3v) is 5.18. The number of nitrogens with zero attached hydrogens (tertiary/aromatic N) is 1. The van der Waals surface area contributed by atoms with E-state index in [1.165, 1.54) is 0 Å². The summed E-state index contributed by atoms with van der Waals surface area (Å²) in [5, 5.41) is 3.42. The van der Waals surface area contributed by atoms with Gasteiger partial charge in [0, 0.05) is 25.7 Å². The number of hydrogen-bond donors (Lipinski definition) is 2. The molecule has 1 saturated heterocycles. The minimum Gasteiger partial charge on any atom is -0.377 e. The lowest BCUT2D eigenvalue weighted by Crippen LogP contribution is -2.47. The Hall–Kier alpha value is -0.210. The number of piperidine rings is 1. The van der Waals surface area contributed by atoms with E-state index >= 15 is 0 Å². The van der Waals surface area contributed by atoms with Gasteiger partial charge in [0.2, 0.25) is 0 Å². The third kappa shape index (κ3) is 7.56. The first kappa shape index (κ1) is 18.8. The smallest absolute Gasteiger partial charge is 0.279 e. The number of hydrogen-bond acceptors (Lipinski definition) is 4. The Kier molecular flexibility index (Phi) is 8.12. The molecule has 0 aromatic rings. The second-order valence-corrected chi connectivity index (χ2v) is 7.98. The molecule has 0 atom stereocenters. The highest BCUT2D eigenvalue weighted by Gasteiger charge is 2.27. The monoisotopic (exact) mass is 321 g/mol. The Balaban J connectivity index is 2.28. The van der Waals surface area contributed by atoms with Gasteiger partial charge in [-0.1, -0.05) is 13.8 Å². The van der Waals surface area contributed by atoms with Gasteiger partial charge < -0.3 is 10.1 Å². The molecule has 1 heterocycles. The molecule has 0 bridgehead atoms. The number of ether oxygens (including phenoxy) is 1. The highest BCUT2D eigenvalue weighted by atomic mass is 32.2. The van der Waals surface area contributed by atoms with E-state index in [1.807, 2.05) is 13.8 Å². The van der Waals surface area contributed by atoms with Crippen LogP contribution in [0.5, 0.6) is 0 Å². The van der Waals surface area contributed by atoms with Crippen LogP contribution in [0.1, 0.15) is 40.5 Å². The lowest BCUT2D eigenvalue weighted by atomic mass is 9.98. The lowest BCUT2D eigenvalue weighted by molar-refractivity contribution is 0.0831. The van der Waals surface area contributed by atoms with Crippen LogP contribution in [-0.4, -0.2) is 57.7 Å². The molecule has 21 heavy (non-hydrogen) atoms. The van der Waals surface area contributed by atoms with Gasteiger partial charge in [-0.2, -0.15) is 17.4 Å². The maximum absolute atomic E-state index is 12.1. The van der Waals surface area contributed by atoms with E-state index in [0.29, 0.717) is 38.2 Å². The zero-order chi connectivity index (χ0) is 15.9. The Bertz CT molecular complexity index is 377. The summed E-state index contributed by atoms with van der Waals surface area (Å²) in [6.07, 6.45) is 1.96. The summed E-state index contributed by atoms with van der Waals surface area (Å²) in [4.78, 5) is 0. The molecule has 0 saturated carbocycles. The number of nitrogens with one attached hydrogen (secondary N) is 2. The Morgan fingerprint density at radius 1 is 1.19 bits per heavy atom. The molecule has 126 valence electrons. The quantitative estimate of drug-likeness (QED) is 0.621. The molecule has 6 nitrogen and oxygen atoms in total. The second-order valence-electron chi connectivity index (χ2n) is 6.22. The van der Waals surface area contributed by atoms with Crippen molar-refractivity contribution in [2.45, 2.75) is 52.7 Å². The summed E-state index contributed by atoms with van der Waals surface area (Å²) in [6, 6.07) is 0.481. The Morgan fingerprint density at radius 3 is 2.33 bits per heavy atom. The van der Waals surface area contributed by atoms with E-state index in [9.17, 15) is 8.42 Å². The normalized spacial score (nSPS) is 18.8. The van der Waals surface area contributed by atoms with E-state index in [2.05, 4.69) is 23.9 Å². The van der Waals surface area contributed by atoms with Crippen LogP contribution in [0.25, 0.3) is 0 Å². The standard InChI is InChI=1S/C14H31N3O3S/c1-12(2)15-11-14-5-8-17(9-6-14)21(18,19)16-7-10-20-13(3)4/h12-16H,5-11H2,1-4H3. The van der Waals surface area contributed by atoms with Gasteiger partial charge in [0.25, 0.3) is 10.2 Å². The highest BCUT2D eigenvalue weighted by molar-refractivity contribution is 7.87. The molecule has 1 aliphatic heterocycles. The van der Waals surface area contributed by atoms with E-state index in [1.54, 1.807) is 4.31 Å². The molecule has 1 fully saturated rings. The SMILES string of the molecule is CC(C)NCC1CCN(S(=O)(=O)NCCOC(C)C)CC1. The minimum absolute atomic E-state index is 0.124. The molecule has 0 amide bonds. The average Bonchev–Trinajstić information content (AvgIpc) is 2.41. The fraction of sp³-hybridized carbons (Fsp3) is 1.00. The van der Waals surface area contributed by atoms with Gasteiger partial charge in [-0.05, 0) is 39.2 Å². The Labute approximate surface area is 129 Å². The van der Waals surface area contributed by atoms with Crippen molar-refractivity contribution in [2.24, 2.45) is 5.92 Å². The fourth-order valence-corrected chi connectivity index (χ4v) is 3.53. The van der Waals surface area contributed by atoms with Crippen LogP contribution in [0, 0.1) is 5.92 Å². The van der Waals surface area contributed by atoms with Crippen LogP contribution < -0.4 is 10.0 Å². The first-order chi connectivity index (χ1) is 9.81. The molecular weight excluding hydrogens is 290 g/mol. The molecule has 0 aromatic heterocycles. The van der Waals surface area contributed by atoms with Gasteiger partial charge in [0.05, 0.1) is 12.7 Å². The van der Waals surface area contributed by atoms with Crippen molar-refractivity contribution in [3.05, 3.63) is 0 Å². The van der Waals surface area contributed by atoms with Crippen molar-refractivity contribution >= 4 is 10.2 Å². The van der Waals surface area contributed by atoms with Crippen LogP contribution >= 0.6 is 0 Å². The molecule has 7 heteroatoms. The molecule has 0 radical (unpaired) electrons. The maximum atomic E-state index is 12.1. The van der Waals surface area contributed by atoms with Gasteiger partial charge >= 0.3 is 0 Å². The zero-order valence-corrected chi connectivity index (χ0v) is 14.6. The predicted octanol–water partition coefficient (Wildman–Crippen LogP) is 0.956. The molecule has 2 N–H and O–H groups in total. The topological polar surface area (TPSA) is 70.7 Å². The minimum atomic E-state index is -3.35. The van der Waals surface area contributed by atoms with E-state index in [-0.39, 0.29) is 6.10 Å². The van der Waals surface area contributed by atoms with Crippen molar-refractivity contribution in [1.29, 1.82) is 0 Å². The molecule has 0 unspecified atom stereocenters. The second kappa shape index (κ2) is 9.05. The van der Waals surface area contributed by atoms with Crippen molar-refractivity contribution in [1.82, 2.24) is 14.3 Å². The van der Waals surface area contributed by atoms with Gasteiger partial charge in [-0.25, -0.2) is 0 Å². The summed E-state index contributed by atoms with van der Waals surface area (Å²) >= 11 is 0. The maximum Gasteiger partial charge on any atom is 0.279 e. The van der Waals surface area contributed by atoms with Crippen LogP contribution in [0.2, 0.25) is 0 Å². The van der Waals surface area contributed by atoms with Crippen LogP contribution in [0.3, 0.4) is 0 Å². The first-order valence-electron chi connectivity index (χ1n) is 7.91. The lowest BCUT2D eigenvalue weighted by Gasteiger charge is -2.31. The summed E-state index contributed by atoms with van der Waals surface area (Å²) in [6.45, 7) is 11.0. The van der Waals surface area contributed by atoms with Crippen molar-refractivity contribution in [2.75, 3.05) is 32.8 Å². The summed E-state index contributed by atoms with van der Waals surface area (Å²) in [5.74, 6) is 0.572. The molecule has 1 aliphatic rings. The van der Waals surface area contributed by atoms with Crippen molar-refractivity contribution < 1.29 is 13.2 Å². The highest BCUT2D eigenvalue weighted by Crippen LogP contribution is 2.18. The molecule has 1 rings (SSSR count). The van der Waals surface area contributed by atoms with Crippen molar-refractivity contribution in [3.63, 3.8) is 0 Å². The molecular formula is C14H31N3O3S. The third-order valence-electron chi connectivity index (χ3n) is 3.57. The number of rotatable bonds is 9. The summed E-state index contributed by atoms with van der Waals surface area (Å²) in [5.41, 5.74) is 0. The van der Waals surface area contributed by atoms with Crippen LogP contribution in [0.4, 0.5) is 0 Å². The van der Waals surface area contributed by atoms with Gasteiger partial charge in [-0.15, -0.1) is 0 Å². The van der Waals surface area contributed by atoms with Gasteiger partial charge in [0.15, 0.2) is 0 Å². The van der Waals surface area contributed by atoms with E-state index in [4.69, 9.17) is 4.74 Å².